The molecular weight excluding hydrogens is 230 g/mol. The maximum Gasteiger partial charge on any atom is 0.315 e. The third-order valence-corrected chi connectivity index (χ3v) is 3.08. The van der Waals surface area contributed by atoms with Crippen LogP contribution in [-0.4, -0.2) is 31.6 Å². The van der Waals surface area contributed by atoms with Crippen LogP contribution in [0.2, 0.25) is 0 Å². The van der Waals surface area contributed by atoms with Gasteiger partial charge < -0.3 is 15.5 Å². The smallest absolute Gasteiger partial charge is 0.315 e. The molecule has 0 saturated carbocycles. The number of hydrogen-bond donors (Lipinski definition) is 2. The second kappa shape index (κ2) is 5.08. The van der Waals surface area contributed by atoms with Crippen molar-refractivity contribution in [1.82, 2.24) is 10.6 Å². The van der Waals surface area contributed by atoms with Gasteiger partial charge in [0, 0.05) is 19.3 Å². The van der Waals surface area contributed by atoms with E-state index in [4.69, 9.17) is 0 Å². The van der Waals surface area contributed by atoms with Gasteiger partial charge in [-0.2, -0.15) is 0 Å². The summed E-state index contributed by atoms with van der Waals surface area (Å²) < 4.78 is 0. The van der Waals surface area contributed by atoms with Crippen LogP contribution in [0.4, 0.5) is 10.5 Å². The summed E-state index contributed by atoms with van der Waals surface area (Å²) >= 11 is 0. The minimum atomic E-state index is -0.425. The summed E-state index contributed by atoms with van der Waals surface area (Å²) in [5, 5.41) is 5.10. The second-order valence-electron chi connectivity index (χ2n) is 4.39. The molecule has 1 fully saturated rings. The Labute approximate surface area is 106 Å². The van der Waals surface area contributed by atoms with Crippen LogP contribution in [0.5, 0.6) is 0 Å². The van der Waals surface area contributed by atoms with Gasteiger partial charge in [0.1, 0.15) is 6.04 Å². The molecule has 5 heteroatoms. The lowest BCUT2D eigenvalue weighted by Gasteiger charge is -2.17. The maximum absolute atomic E-state index is 12.1. The van der Waals surface area contributed by atoms with Gasteiger partial charge in [-0.3, -0.25) is 4.79 Å². The van der Waals surface area contributed by atoms with Gasteiger partial charge in [0.15, 0.2) is 0 Å². The van der Waals surface area contributed by atoms with Gasteiger partial charge in [-0.25, -0.2) is 4.79 Å². The lowest BCUT2D eigenvalue weighted by atomic mass is 10.2. The summed E-state index contributed by atoms with van der Waals surface area (Å²) in [6.45, 7) is 2.64. The summed E-state index contributed by atoms with van der Waals surface area (Å²) in [6, 6.07) is 7.06. The van der Waals surface area contributed by atoms with Crippen LogP contribution in [0.3, 0.4) is 0 Å². The van der Waals surface area contributed by atoms with Gasteiger partial charge in [-0.15, -0.1) is 0 Å². The number of carbonyl (C=O) groups is 2. The van der Waals surface area contributed by atoms with Crippen molar-refractivity contribution in [2.24, 2.45) is 0 Å². The highest BCUT2D eigenvalue weighted by Gasteiger charge is 2.33. The van der Waals surface area contributed by atoms with Crippen LogP contribution in [0, 0.1) is 6.92 Å². The summed E-state index contributed by atoms with van der Waals surface area (Å²) in [7, 11) is 1.53. The molecule has 1 saturated heterocycles. The molecule has 1 atom stereocenters. The van der Waals surface area contributed by atoms with Crippen molar-refractivity contribution in [2.45, 2.75) is 19.4 Å². The number of nitrogens with zero attached hydrogens (tertiary/aromatic N) is 1. The van der Waals surface area contributed by atoms with Crippen molar-refractivity contribution in [3.05, 3.63) is 29.8 Å². The Morgan fingerprint density at radius 3 is 2.61 bits per heavy atom. The minimum absolute atomic E-state index is 0.0533. The van der Waals surface area contributed by atoms with Gasteiger partial charge in [-0.1, -0.05) is 17.7 Å². The number of hydrogen-bond acceptors (Lipinski definition) is 2. The molecule has 1 aromatic rings. The highest BCUT2D eigenvalue weighted by atomic mass is 16.2. The standard InChI is InChI=1S/C13H17N3O2/c1-9-3-5-10(6-4-9)16-8-7-11(12(16)17)15-13(18)14-2/h3-6,11H,7-8H2,1-2H3,(H2,14,15,18)/t11-/m1/s1. The SMILES string of the molecule is CNC(=O)N[C@@H]1CCN(c2ccc(C)cc2)C1=O. The van der Waals surface area contributed by atoms with Crippen LogP contribution < -0.4 is 15.5 Å². The molecule has 2 N–H and O–H groups in total. The monoisotopic (exact) mass is 247 g/mol. The molecule has 1 aliphatic rings. The number of urea groups is 1. The van der Waals surface area contributed by atoms with Crippen molar-refractivity contribution in [1.29, 1.82) is 0 Å². The van der Waals surface area contributed by atoms with Crippen molar-refractivity contribution in [3.8, 4) is 0 Å². The van der Waals surface area contributed by atoms with Gasteiger partial charge in [-0.05, 0) is 25.5 Å². The molecule has 0 aromatic heterocycles. The first-order valence-electron chi connectivity index (χ1n) is 5.98. The van der Waals surface area contributed by atoms with E-state index < -0.39 is 6.04 Å². The molecule has 1 heterocycles. The molecule has 1 aliphatic heterocycles. The topological polar surface area (TPSA) is 61.4 Å². The number of aryl methyl sites for hydroxylation is 1. The zero-order valence-electron chi connectivity index (χ0n) is 10.6. The lowest BCUT2D eigenvalue weighted by Crippen LogP contribution is -2.45. The zero-order valence-corrected chi connectivity index (χ0v) is 10.6. The third kappa shape index (κ3) is 2.45. The molecule has 3 amide bonds. The predicted octanol–water partition coefficient (Wildman–Crippen LogP) is 1.03. The van der Waals surface area contributed by atoms with E-state index in [1.165, 1.54) is 7.05 Å². The van der Waals surface area contributed by atoms with Gasteiger partial charge in [0.05, 0.1) is 0 Å². The van der Waals surface area contributed by atoms with E-state index in [1.807, 2.05) is 31.2 Å². The van der Waals surface area contributed by atoms with Crippen molar-refractivity contribution in [2.75, 3.05) is 18.5 Å². The number of rotatable bonds is 2. The minimum Gasteiger partial charge on any atom is -0.341 e. The van der Waals surface area contributed by atoms with Crippen molar-refractivity contribution in [3.63, 3.8) is 0 Å². The summed E-state index contributed by atoms with van der Waals surface area (Å²) in [6.07, 6.45) is 0.639. The normalized spacial score (nSPS) is 18.9. The lowest BCUT2D eigenvalue weighted by molar-refractivity contribution is -0.118. The number of carbonyl (C=O) groups excluding carboxylic acids is 2. The number of benzene rings is 1. The molecule has 18 heavy (non-hydrogen) atoms. The molecule has 0 spiro atoms. The van der Waals surface area contributed by atoms with E-state index >= 15 is 0 Å². The molecule has 0 unspecified atom stereocenters. The van der Waals surface area contributed by atoms with Crippen molar-refractivity contribution >= 4 is 17.6 Å². The highest BCUT2D eigenvalue weighted by Crippen LogP contribution is 2.21. The first-order valence-corrected chi connectivity index (χ1v) is 5.98. The first-order chi connectivity index (χ1) is 8.61. The Balaban J connectivity index is 2.07. The maximum atomic E-state index is 12.1. The molecule has 1 aromatic carbocycles. The molecule has 0 aliphatic carbocycles. The Hall–Kier alpha value is -2.04. The van der Waals surface area contributed by atoms with E-state index in [1.54, 1.807) is 4.90 Å². The Morgan fingerprint density at radius 1 is 1.33 bits per heavy atom. The third-order valence-electron chi connectivity index (χ3n) is 3.08. The van der Waals surface area contributed by atoms with E-state index in [9.17, 15) is 9.59 Å². The summed E-state index contributed by atoms with van der Waals surface area (Å²) in [5.74, 6) is -0.0533. The Bertz CT molecular complexity index is 456. The molecule has 2 rings (SSSR count). The second-order valence-corrected chi connectivity index (χ2v) is 4.39. The summed E-state index contributed by atoms with van der Waals surface area (Å²) in [5.41, 5.74) is 2.04. The van der Waals surface area contributed by atoms with Crippen LogP contribution in [0.15, 0.2) is 24.3 Å². The molecule has 0 radical (unpaired) electrons. The molecule has 5 nitrogen and oxygen atoms in total. The van der Waals surface area contributed by atoms with Crippen molar-refractivity contribution < 1.29 is 9.59 Å². The zero-order chi connectivity index (χ0) is 13.1. The van der Waals surface area contributed by atoms with Crippen LogP contribution in [0.25, 0.3) is 0 Å². The van der Waals surface area contributed by atoms with E-state index in [2.05, 4.69) is 10.6 Å². The van der Waals surface area contributed by atoms with Gasteiger partial charge >= 0.3 is 6.03 Å². The van der Waals surface area contributed by atoms with Gasteiger partial charge in [0.2, 0.25) is 5.91 Å². The highest BCUT2D eigenvalue weighted by molar-refractivity contribution is 6.01. The fourth-order valence-corrected chi connectivity index (χ4v) is 2.03. The fourth-order valence-electron chi connectivity index (χ4n) is 2.03. The average molecular weight is 247 g/mol. The molecule has 0 bridgehead atoms. The van der Waals surface area contributed by atoms with Crippen LogP contribution in [0.1, 0.15) is 12.0 Å². The summed E-state index contributed by atoms with van der Waals surface area (Å²) in [4.78, 5) is 25.0. The largest absolute Gasteiger partial charge is 0.341 e. The van der Waals surface area contributed by atoms with Crippen LogP contribution >= 0.6 is 0 Å². The van der Waals surface area contributed by atoms with E-state index in [0.29, 0.717) is 13.0 Å². The number of nitrogens with one attached hydrogen (secondary N) is 2. The fraction of sp³-hybridized carbons (Fsp3) is 0.385. The molecular formula is C13H17N3O2. The van der Waals surface area contributed by atoms with E-state index in [0.717, 1.165) is 11.3 Å². The molecule has 96 valence electrons. The quantitative estimate of drug-likeness (QED) is 0.820. The van der Waals surface area contributed by atoms with Gasteiger partial charge in [0.25, 0.3) is 0 Å². The first kappa shape index (κ1) is 12.4. The Morgan fingerprint density at radius 2 is 2.00 bits per heavy atom. The average Bonchev–Trinajstić information content (AvgIpc) is 2.72. The number of anilines is 1. The number of amides is 3. The Kier molecular flexibility index (Phi) is 3.50. The predicted molar refractivity (Wildman–Crippen MR) is 69.5 cm³/mol. The van der Waals surface area contributed by atoms with Crippen LogP contribution in [-0.2, 0) is 4.79 Å². The van der Waals surface area contributed by atoms with E-state index in [-0.39, 0.29) is 11.9 Å².